The quantitative estimate of drug-likeness (QED) is 0.481. The lowest BCUT2D eigenvalue weighted by Gasteiger charge is -2.41. The van der Waals surface area contributed by atoms with Crippen LogP contribution in [-0.2, 0) is 20.7 Å². The summed E-state index contributed by atoms with van der Waals surface area (Å²) in [5, 5.41) is 0. The number of ether oxygens (including phenoxy) is 4. The summed E-state index contributed by atoms with van der Waals surface area (Å²) in [5.41, 5.74) is 2.36. The minimum Gasteiger partial charge on any atom is -0.494 e. The number of nitrogens with zero attached hydrogens (tertiary/aromatic N) is 1. The van der Waals surface area contributed by atoms with Gasteiger partial charge in [-0.25, -0.2) is 0 Å². The number of rotatable bonds is 8. The van der Waals surface area contributed by atoms with Crippen LogP contribution in [0.5, 0.6) is 17.2 Å². The van der Waals surface area contributed by atoms with Crippen LogP contribution in [0.25, 0.3) is 0 Å². The third kappa shape index (κ3) is 4.63. The molecular formula is C31H37NO6. The molecule has 2 heterocycles. The van der Waals surface area contributed by atoms with Gasteiger partial charge in [0.15, 0.2) is 23.0 Å². The molecule has 0 bridgehead atoms. The predicted octanol–water partition coefficient (Wildman–Crippen LogP) is 5.13. The van der Waals surface area contributed by atoms with E-state index in [-0.39, 0.29) is 35.4 Å². The van der Waals surface area contributed by atoms with Crippen LogP contribution in [0, 0.1) is 17.8 Å². The van der Waals surface area contributed by atoms with Crippen molar-refractivity contribution in [3.63, 3.8) is 0 Å². The highest BCUT2D eigenvalue weighted by molar-refractivity contribution is 6.11. The van der Waals surface area contributed by atoms with Crippen LogP contribution >= 0.6 is 0 Å². The highest BCUT2D eigenvalue weighted by Crippen LogP contribution is 2.49. The van der Waals surface area contributed by atoms with Gasteiger partial charge in [0.1, 0.15) is 11.9 Å². The van der Waals surface area contributed by atoms with Crippen LogP contribution < -0.4 is 14.2 Å². The van der Waals surface area contributed by atoms with Crippen molar-refractivity contribution < 1.29 is 28.5 Å². The number of Topliss-reactive ketones (excluding diaryl/α,β-unsaturated/α-hetero) is 1. The Hall–Kier alpha value is -3.48. The predicted molar refractivity (Wildman–Crippen MR) is 143 cm³/mol. The van der Waals surface area contributed by atoms with Crippen LogP contribution in [0.3, 0.4) is 0 Å². The molecule has 38 heavy (non-hydrogen) atoms. The summed E-state index contributed by atoms with van der Waals surface area (Å²) in [6.07, 6.45) is 2.12. The zero-order chi connectivity index (χ0) is 27.0. The summed E-state index contributed by atoms with van der Waals surface area (Å²) < 4.78 is 23.0. The van der Waals surface area contributed by atoms with Gasteiger partial charge in [-0.2, -0.15) is 0 Å². The van der Waals surface area contributed by atoms with Gasteiger partial charge in [0.2, 0.25) is 0 Å². The molecule has 0 aromatic heterocycles. The average Bonchev–Trinajstić information content (AvgIpc) is 3.20. The molecule has 1 aliphatic carbocycles. The van der Waals surface area contributed by atoms with E-state index in [9.17, 15) is 9.59 Å². The molecule has 5 unspecified atom stereocenters. The number of ketones is 1. The second-order valence-corrected chi connectivity index (χ2v) is 10.7. The Balaban J connectivity index is 1.51. The van der Waals surface area contributed by atoms with Gasteiger partial charge in [-0.1, -0.05) is 32.0 Å². The van der Waals surface area contributed by atoms with Gasteiger partial charge in [0.25, 0.3) is 5.91 Å². The minimum atomic E-state index is -0.515. The summed E-state index contributed by atoms with van der Waals surface area (Å²) in [6.45, 7) is 7.21. The highest BCUT2D eigenvalue weighted by Gasteiger charge is 2.53. The Morgan fingerprint density at radius 3 is 2.53 bits per heavy atom. The van der Waals surface area contributed by atoms with E-state index in [0.29, 0.717) is 48.3 Å². The Kier molecular flexibility index (Phi) is 7.37. The number of methoxy groups -OCH3 is 2. The Labute approximate surface area is 224 Å². The van der Waals surface area contributed by atoms with Crippen LogP contribution in [0.15, 0.2) is 53.8 Å². The fraction of sp³-hybridized carbons (Fsp3) is 0.484. The molecule has 7 heteroatoms. The number of benzene rings is 2. The fourth-order valence-corrected chi connectivity index (χ4v) is 6.43. The molecule has 2 aromatic carbocycles. The molecule has 3 aliphatic rings. The molecule has 2 aromatic rings. The van der Waals surface area contributed by atoms with E-state index in [4.69, 9.17) is 18.9 Å². The number of hydrogen-bond acceptors (Lipinski definition) is 6. The number of carbonyl (C=O) groups excluding carboxylic acids is 2. The summed E-state index contributed by atoms with van der Waals surface area (Å²) in [4.78, 5) is 29.7. The first-order chi connectivity index (χ1) is 18.4. The Morgan fingerprint density at radius 2 is 1.79 bits per heavy atom. The number of hydrogen-bond donors (Lipinski definition) is 0. The average molecular weight is 520 g/mol. The number of amides is 1. The minimum absolute atomic E-state index is 0.0587. The van der Waals surface area contributed by atoms with Crippen molar-refractivity contribution in [2.45, 2.75) is 52.2 Å². The van der Waals surface area contributed by atoms with Crippen molar-refractivity contribution in [3.8, 4) is 17.2 Å². The van der Waals surface area contributed by atoms with Gasteiger partial charge >= 0.3 is 0 Å². The lowest BCUT2D eigenvalue weighted by Crippen LogP contribution is -2.45. The third-order valence-corrected chi connectivity index (χ3v) is 8.10. The SMILES string of the molecule is CCOc1cccc(C2C3=C(OC4C(C)CC(C)CC4C3=O)C(=O)N2CCc2ccc(OC)c(OC)c2)c1. The highest BCUT2D eigenvalue weighted by atomic mass is 16.5. The van der Waals surface area contributed by atoms with E-state index in [2.05, 4.69) is 13.8 Å². The molecule has 0 radical (unpaired) electrons. The molecule has 1 fully saturated rings. The summed E-state index contributed by atoms with van der Waals surface area (Å²) >= 11 is 0. The van der Waals surface area contributed by atoms with Gasteiger partial charge in [-0.3, -0.25) is 9.59 Å². The van der Waals surface area contributed by atoms with E-state index < -0.39 is 6.04 Å². The molecule has 0 N–H and O–H groups in total. The topological polar surface area (TPSA) is 74.3 Å². The van der Waals surface area contributed by atoms with Gasteiger partial charge < -0.3 is 23.8 Å². The Morgan fingerprint density at radius 1 is 1.00 bits per heavy atom. The molecule has 5 atom stereocenters. The first kappa shape index (κ1) is 26.1. The molecule has 1 amide bonds. The van der Waals surface area contributed by atoms with Crippen molar-refractivity contribution in [1.82, 2.24) is 4.90 Å². The molecule has 1 saturated carbocycles. The van der Waals surface area contributed by atoms with E-state index in [1.54, 1.807) is 19.1 Å². The molecular weight excluding hydrogens is 482 g/mol. The van der Waals surface area contributed by atoms with E-state index in [1.807, 2.05) is 49.4 Å². The number of carbonyl (C=O) groups is 2. The molecule has 202 valence electrons. The van der Waals surface area contributed by atoms with Crippen LogP contribution in [0.4, 0.5) is 0 Å². The zero-order valence-corrected chi connectivity index (χ0v) is 22.9. The lowest BCUT2D eigenvalue weighted by molar-refractivity contribution is -0.138. The molecule has 0 saturated heterocycles. The van der Waals surface area contributed by atoms with Gasteiger partial charge in [0, 0.05) is 6.54 Å². The van der Waals surface area contributed by atoms with Crippen LogP contribution in [0.2, 0.25) is 0 Å². The monoisotopic (exact) mass is 519 g/mol. The van der Waals surface area contributed by atoms with Crippen LogP contribution in [0.1, 0.15) is 50.8 Å². The van der Waals surface area contributed by atoms with Gasteiger partial charge in [0.05, 0.1) is 38.4 Å². The van der Waals surface area contributed by atoms with Crippen LogP contribution in [-0.4, -0.2) is 50.1 Å². The first-order valence-corrected chi connectivity index (χ1v) is 13.6. The molecule has 0 spiro atoms. The zero-order valence-electron chi connectivity index (χ0n) is 22.9. The van der Waals surface area contributed by atoms with E-state index >= 15 is 0 Å². The summed E-state index contributed by atoms with van der Waals surface area (Å²) in [6, 6.07) is 13.0. The van der Waals surface area contributed by atoms with Crippen molar-refractivity contribution in [1.29, 1.82) is 0 Å². The lowest BCUT2D eigenvalue weighted by atomic mass is 9.70. The van der Waals surface area contributed by atoms with Gasteiger partial charge in [-0.05, 0) is 73.4 Å². The Bertz CT molecular complexity index is 1250. The maximum atomic E-state index is 14.1. The van der Waals surface area contributed by atoms with Crippen molar-refractivity contribution in [2.24, 2.45) is 17.8 Å². The number of fused-ring (bicyclic) bond motifs is 1. The van der Waals surface area contributed by atoms with E-state index in [0.717, 1.165) is 24.0 Å². The largest absolute Gasteiger partial charge is 0.494 e. The summed E-state index contributed by atoms with van der Waals surface area (Å²) in [5.74, 6) is 2.53. The molecule has 2 aliphatic heterocycles. The first-order valence-electron chi connectivity index (χ1n) is 13.6. The molecule has 5 rings (SSSR count). The van der Waals surface area contributed by atoms with Crippen molar-refractivity contribution in [2.75, 3.05) is 27.4 Å². The van der Waals surface area contributed by atoms with Gasteiger partial charge in [-0.15, -0.1) is 0 Å². The van der Waals surface area contributed by atoms with Crippen molar-refractivity contribution >= 4 is 11.7 Å². The fourth-order valence-electron chi connectivity index (χ4n) is 6.43. The third-order valence-electron chi connectivity index (χ3n) is 8.10. The maximum absolute atomic E-state index is 14.1. The smallest absolute Gasteiger partial charge is 0.290 e. The van der Waals surface area contributed by atoms with Crippen molar-refractivity contribution in [3.05, 3.63) is 64.9 Å². The second kappa shape index (κ2) is 10.7. The molecule has 7 nitrogen and oxygen atoms in total. The normalized spacial score (nSPS) is 26.6. The standard InChI is InChI=1S/C31H37NO6/c1-6-37-22-9-7-8-21(17-22)27-26-28(33)23-15-18(2)14-19(3)29(23)38-30(26)31(34)32(27)13-12-20-10-11-24(35-4)25(16-20)36-5/h7-11,16-19,23,27,29H,6,12-15H2,1-5H3. The van der Waals surface area contributed by atoms with E-state index in [1.165, 1.54) is 0 Å². The second-order valence-electron chi connectivity index (χ2n) is 10.7. The maximum Gasteiger partial charge on any atom is 0.290 e. The summed E-state index contributed by atoms with van der Waals surface area (Å²) in [7, 11) is 3.21.